The SMILES string of the molecule is NCc1ccc(Cl)cc1CNC(=O)[C@@H]1CCCN1C(=O)C1(O)CCc2ccncc21. The van der Waals surface area contributed by atoms with E-state index in [0.717, 1.165) is 16.7 Å². The van der Waals surface area contributed by atoms with Crippen LogP contribution in [0.3, 0.4) is 0 Å². The van der Waals surface area contributed by atoms with E-state index in [2.05, 4.69) is 10.3 Å². The third-order valence-corrected chi connectivity index (χ3v) is 6.36. The number of nitrogens with one attached hydrogen (secondary N) is 1. The van der Waals surface area contributed by atoms with Gasteiger partial charge in [0.1, 0.15) is 6.04 Å². The Bertz CT molecular complexity index is 983. The van der Waals surface area contributed by atoms with Crippen LogP contribution in [-0.2, 0) is 34.7 Å². The van der Waals surface area contributed by atoms with Gasteiger partial charge in [-0.05, 0) is 60.6 Å². The van der Waals surface area contributed by atoms with Crippen LogP contribution in [0.2, 0.25) is 5.02 Å². The smallest absolute Gasteiger partial charge is 0.259 e. The molecule has 4 N–H and O–H groups in total. The lowest BCUT2D eigenvalue weighted by Gasteiger charge is -2.32. The highest BCUT2D eigenvalue weighted by Gasteiger charge is 2.49. The van der Waals surface area contributed by atoms with Crippen molar-refractivity contribution in [2.45, 2.75) is 50.4 Å². The van der Waals surface area contributed by atoms with Crippen molar-refractivity contribution in [1.29, 1.82) is 0 Å². The number of benzene rings is 1. The first-order chi connectivity index (χ1) is 14.4. The highest BCUT2D eigenvalue weighted by atomic mass is 35.5. The van der Waals surface area contributed by atoms with Gasteiger partial charge in [-0.2, -0.15) is 0 Å². The molecule has 2 heterocycles. The number of aryl methyl sites for hydroxylation is 1. The fourth-order valence-electron chi connectivity index (χ4n) is 4.46. The number of halogens is 1. The van der Waals surface area contributed by atoms with Gasteiger partial charge in [0.25, 0.3) is 5.91 Å². The summed E-state index contributed by atoms with van der Waals surface area (Å²) in [4.78, 5) is 31.8. The van der Waals surface area contributed by atoms with Crippen LogP contribution >= 0.6 is 11.6 Å². The first-order valence-corrected chi connectivity index (χ1v) is 10.5. The van der Waals surface area contributed by atoms with Gasteiger partial charge in [-0.15, -0.1) is 0 Å². The zero-order chi connectivity index (χ0) is 21.3. The molecular weight excluding hydrogens is 404 g/mol. The molecule has 0 radical (unpaired) electrons. The Morgan fingerprint density at radius 2 is 2.17 bits per heavy atom. The normalized spacial score (nSPS) is 22.8. The van der Waals surface area contributed by atoms with Crippen LogP contribution in [-0.4, -0.2) is 39.4 Å². The predicted octanol–water partition coefficient (Wildman–Crippen LogP) is 1.63. The van der Waals surface area contributed by atoms with Gasteiger partial charge in [0.05, 0.1) is 0 Å². The van der Waals surface area contributed by atoms with Crippen molar-refractivity contribution in [3.8, 4) is 0 Å². The summed E-state index contributed by atoms with van der Waals surface area (Å²) in [6.45, 7) is 1.07. The van der Waals surface area contributed by atoms with Gasteiger partial charge in [0.2, 0.25) is 5.91 Å². The molecule has 2 aromatic rings. The molecule has 2 aliphatic rings. The van der Waals surface area contributed by atoms with E-state index >= 15 is 0 Å². The van der Waals surface area contributed by atoms with Gasteiger partial charge >= 0.3 is 0 Å². The van der Waals surface area contributed by atoms with Crippen LogP contribution in [0.25, 0.3) is 0 Å². The highest BCUT2D eigenvalue weighted by Crippen LogP contribution is 2.39. The zero-order valence-corrected chi connectivity index (χ0v) is 17.4. The minimum absolute atomic E-state index is 0.239. The van der Waals surface area contributed by atoms with Gasteiger partial charge in [0, 0.05) is 42.6 Å². The second kappa shape index (κ2) is 8.34. The molecule has 2 atom stereocenters. The number of aromatic nitrogens is 1. The summed E-state index contributed by atoms with van der Waals surface area (Å²) in [6.07, 6.45) is 5.41. The molecule has 0 saturated carbocycles. The average Bonchev–Trinajstić information content (AvgIpc) is 3.38. The summed E-state index contributed by atoms with van der Waals surface area (Å²) in [7, 11) is 0. The third-order valence-electron chi connectivity index (χ3n) is 6.12. The van der Waals surface area contributed by atoms with Crippen LogP contribution in [0.4, 0.5) is 0 Å². The Balaban J connectivity index is 1.48. The fraction of sp³-hybridized carbons (Fsp3) is 0.409. The van der Waals surface area contributed by atoms with E-state index in [9.17, 15) is 14.7 Å². The molecule has 4 rings (SSSR count). The van der Waals surface area contributed by atoms with Crippen molar-refractivity contribution in [3.63, 3.8) is 0 Å². The van der Waals surface area contributed by atoms with Crippen molar-refractivity contribution in [2.75, 3.05) is 6.54 Å². The molecule has 0 spiro atoms. The average molecular weight is 429 g/mol. The Morgan fingerprint density at radius 1 is 1.33 bits per heavy atom. The first-order valence-electron chi connectivity index (χ1n) is 10.2. The van der Waals surface area contributed by atoms with E-state index in [1.54, 1.807) is 24.5 Å². The molecule has 1 saturated heterocycles. The molecule has 1 aliphatic carbocycles. The molecule has 1 aromatic carbocycles. The van der Waals surface area contributed by atoms with Crippen LogP contribution in [0.15, 0.2) is 36.7 Å². The first kappa shape index (κ1) is 20.8. The molecule has 0 bridgehead atoms. The summed E-state index contributed by atoms with van der Waals surface area (Å²) >= 11 is 6.07. The summed E-state index contributed by atoms with van der Waals surface area (Å²) in [5.74, 6) is -0.658. The summed E-state index contributed by atoms with van der Waals surface area (Å²) in [5.41, 5.74) is 7.39. The van der Waals surface area contributed by atoms with E-state index in [4.69, 9.17) is 17.3 Å². The topological polar surface area (TPSA) is 109 Å². The van der Waals surface area contributed by atoms with Gasteiger partial charge < -0.3 is 21.1 Å². The summed E-state index contributed by atoms with van der Waals surface area (Å²) in [5, 5.41) is 14.7. The number of amides is 2. The van der Waals surface area contributed by atoms with Crippen molar-refractivity contribution >= 4 is 23.4 Å². The van der Waals surface area contributed by atoms with Crippen molar-refractivity contribution in [2.24, 2.45) is 5.73 Å². The fourth-order valence-corrected chi connectivity index (χ4v) is 4.66. The molecular formula is C22H25ClN4O3. The maximum Gasteiger partial charge on any atom is 0.259 e. The van der Waals surface area contributed by atoms with Crippen molar-refractivity contribution in [3.05, 3.63) is 63.9 Å². The Hall–Kier alpha value is -2.48. The third kappa shape index (κ3) is 3.69. The molecule has 1 aliphatic heterocycles. The van der Waals surface area contributed by atoms with Gasteiger partial charge in [-0.3, -0.25) is 14.6 Å². The number of carbonyl (C=O) groups is 2. The molecule has 30 heavy (non-hydrogen) atoms. The molecule has 158 valence electrons. The summed E-state index contributed by atoms with van der Waals surface area (Å²) in [6, 6.07) is 6.61. The van der Waals surface area contributed by atoms with Gasteiger partial charge in [-0.1, -0.05) is 17.7 Å². The maximum atomic E-state index is 13.3. The van der Waals surface area contributed by atoms with Crippen molar-refractivity contribution in [1.82, 2.24) is 15.2 Å². The number of aliphatic hydroxyl groups is 1. The van der Waals surface area contributed by atoms with E-state index in [0.29, 0.717) is 49.4 Å². The second-order valence-corrected chi connectivity index (χ2v) is 8.32. The molecule has 8 heteroatoms. The molecule has 1 aromatic heterocycles. The van der Waals surface area contributed by atoms with E-state index in [1.807, 2.05) is 12.1 Å². The Kier molecular flexibility index (Phi) is 5.77. The van der Waals surface area contributed by atoms with Crippen LogP contribution in [0.5, 0.6) is 0 Å². The number of hydrogen-bond acceptors (Lipinski definition) is 5. The molecule has 1 fully saturated rings. The zero-order valence-electron chi connectivity index (χ0n) is 16.6. The van der Waals surface area contributed by atoms with E-state index in [1.165, 1.54) is 4.90 Å². The number of carbonyl (C=O) groups excluding carboxylic acids is 2. The lowest BCUT2D eigenvalue weighted by atomic mass is 9.95. The number of nitrogens with two attached hydrogens (primary N) is 1. The van der Waals surface area contributed by atoms with E-state index in [-0.39, 0.29) is 12.5 Å². The Labute approximate surface area is 180 Å². The molecule has 1 unspecified atom stereocenters. The molecule has 2 amide bonds. The van der Waals surface area contributed by atoms with Gasteiger partial charge in [0.15, 0.2) is 5.60 Å². The highest BCUT2D eigenvalue weighted by molar-refractivity contribution is 6.30. The van der Waals surface area contributed by atoms with E-state index < -0.39 is 17.6 Å². The largest absolute Gasteiger partial charge is 0.375 e. The lowest BCUT2D eigenvalue weighted by Crippen LogP contribution is -2.52. The predicted molar refractivity (Wildman–Crippen MR) is 112 cm³/mol. The number of rotatable bonds is 5. The standard InChI is InChI=1S/C22H25ClN4O3/c23-17-4-3-15(11-24)16(10-17)12-26-20(28)19-2-1-9-27(19)21(29)22(30)7-5-14-6-8-25-13-18(14)22/h3-4,6,8,10,13,19,30H,1-2,5,7,9,11-12,24H2,(H,26,28)/t19-,22?/m0/s1. The van der Waals surface area contributed by atoms with Crippen molar-refractivity contribution < 1.29 is 14.7 Å². The monoisotopic (exact) mass is 428 g/mol. The number of fused-ring (bicyclic) bond motifs is 1. The van der Waals surface area contributed by atoms with Crippen LogP contribution < -0.4 is 11.1 Å². The minimum atomic E-state index is -1.62. The maximum absolute atomic E-state index is 13.3. The number of nitrogens with zero attached hydrogens (tertiary/aromatic N) is 2. The number of hydrogen-bond donors (Lipinski definition) is 3. The summed E-state index contributed by atoms with van der Waals surface area (Å²) < 4.78 is 0. The quantitative estimate of drug-likeness (QED) is 0.670. The lowest BCUT2D eigenvalue weighted by molar-refractivity contribution is -0.155. The van der Waals surface area contributed by atoms with Crippen LogP contribution in [0, 0.1) is 0 Å². The number of likely N-dealkylation sites (tertiary alicyclic amines) is 1. The molecule has 7 nitrogen and oxygen atoms in total. The Morgan fingerprint density at radius 3 is 2.97 bits per heavy atom. The minimum Gasteiger partial charge on any atom is -0.375 e. The van der Waals surface area contributed by atoms with Crippen LogP contribution in [0.1, 0.15) is 41.5 Å². The second-order valence-electron chi connectivity index (χ2n) is 7.88. The number of pyridine rings is 1. The van der Waals surface area contributed by atoms with Gasteiger partial charge in [-0.25, -0.2) is 0 Å².